The average molecular weight is 1090 g/mol. The third kappa shape index (κ3) is 9.09. The topological polar surface area (TPSA) is 61.4 Å². The zero-order valence-electron chi connectivity index (χ0n) is 42.4. The van der Waals surface area contributed by atoms with Gasteiger partial charge in [-0.2, -0.15) is 39.5 Å². The van der Waals surface area contributed by atoms with Gasteiger partial charge in [0.2, 0.25) is 0 Å². The van der Waals surface area contributed by atoms with Gasteiger partial charge in [0.15, 0.2) is 17.5 Å². The summed E-state index contributed by atoms with van der Waals surface area (Å²) in [4.78, 5) is 20.6. The number of benzene rings is 9. The number of hydrogen-bond donors (Lipinski definition) is 0. The minimum Gasteiger partial charge on any atom is -0.309 e. The summed E-state index contributed by atoms with van der Waals surface area (Å²) in [6, 6.07) is 59.5. The fourth-order valence-corrected chi connectivity index (χ4v) is 10.9. The minimum absolute atomic E-state index is 0.115. The van der Waals surface area contributed by atoms with Crippen LogP contribution in [0.2, 0.25) is 0 Å². The molecule has 0 radical (unpaired) electrons. The monoisotopic (exact) mass is 1090 g/mol. The summed E-state index contributed by atoms with van der Waals surface area (Å²) in [6.07, 6.45) is -13.0. The molecule has 4 aromatic heterocycles. The first kappa shape index (κ1) is 50.6. The second kappa shape index (κ2) is 19.2. The first-order chi connectivity index (χ1) is 39.0. The SMILES string of the molecule is Cc1cc(-c2ccc3c(c2)c2ccccc2n3-c2cccc(-c3nc(-c4ccccc4)nc(-c4ccccc4)n3)c2-c2ncccc2-n2c3ccccc3c3cc(-c4cc(C(F)(F)F)cc(C(F)(F)F)c4)ccc32)cc(C(F)(F)F)c1. The predicted octanol–water partition coefficient (Wildman–Crippen LogP) is 18.8. The van der Waals surface area contributed by atoms with Crippen LogP contribution >= 0.6 is 0 Å². The van der Waals surface area contributed by atoms with Gasteiger partial charge in [-0.25, -0.2) is 15.0 Å². The Morgan fingerprint density at radius 3 is 1.31 bits per heavy atom. The van der Waals surface area contributed by atoms with Gasteiger partial charge in [0.05, 0.1) is 55.8 Å². The summed E-state index contributed by atoms with van der Waals surface area (Å²) < 4.78 is 132. The van der Waals surface area contributed by atoms with Crippen molar-refractivity contribution in [2.24, 2.45) is 0 Å². The van der Waals surface area contributed by atoms with Gasteiger partial charge >= 0.3 is 18.5 Å². The number of aromatic nitrogens is 6. The number of pyridine rings is 1. The molecule has 0 aliphatic carbocycles. The fraction of sp³-hybridized carbons (Fsp3) is 0.0606. The lowest BCUT2D eigenvalue weighted by atomic mass is 9.97. The van der Waals surface area contributed by atoms with E-state index in [4.69, 9.17) is 19.9 Å². The van der Waals surface area contributed by atoms with E-state index < -0.39 is 35.2 Å². The van der Waals surface area contributed by atoms with Crippen LogP contribution in [0.25, 0.3) is 123 Å². The average Bonchev–Trinajstić information content (AvgIpc) is 3.54. The molecule has 396 valence electrons. The molecule has 9 aromatic carbocycles. The van der Waals surface area contributed by atoms with E-state index in [9.17, 15) is 39.5 Å². The number of halogens is 9. The van der Waals surface area contributed by atoms with E-state index >= 15 is 0 Å². The minimum atomic E-state index is -5.05. The lowest BCUT2D eigenvalue weighted by Crippen LogP contribution is -2.11. The molecule has 13 rings (SSSR count). The third-order valence-corrected chi connectivity index (χ3v) is 14.5. The molecule has 0 N–H and O–H groups in total. The molecule has 0 bridgehead atoms. The Balaban J connectivity index is 1.10. The molecule has 0 amide bonds. The highest BCUT2D eigenvalue weighted by molar-refractivity contribution is 6.13. The number of rotatable bonds is 8. The van der Waals surface area contributed by atoms with Gasteiger partial charge in [-0.3, -0.25) is 4.98 Å². The third-order valence-electron chi connectivity index (χ3n) is 14.5. The van der Waals surface area contributed by atoms with Crippen LogP contribution in [0, 0.1) is 6.92 Å². The maximum atomic E-state index is 14.2. The highest BCUT2D eigenvalue weighted by Crippen LogP contribution is 2.46. The normalized spacial score (nSPS) is 12.3. The summed E-state index contributed by atoms with van der Waals surface area (Å²) >= 11 is 0. The lowest BCUT2D eigenvalue weighted by molar-refractivity contribution is -0.143. The largest absolute Gasteiger partial charge is 0.416 e. The van der Waals surface area contributed by atoms with Gasteiger partial charge in [0.25, 0.3) is 0 Å². The molecule has 0 unspecified atom stereocenters. The molecule has 0 aliphatic heterocycles. The molecule has 0 aliphatic rings. The van der Waals surface area contributed by atoms with Crippen molar-refractivity contribution in [3.8, 4) is 79.0 Å². The molecule has 15 heteroatoms. The number of hydrogen-bond acceptors (Lipinski definition) is 4. The van der Waals surface area contributed by atoms with E-state index in [2.05, 4.69) is 4.57 Å². The van der Waals surface area contributed by atoms with Crippen LogP contribution in [0.3, 0.4) is 0 Å². The number of aryl methyl sites for hydroxylation is 1. The number of para-hydroxylation sites is 2. The van der Waals surface area contributed by atoms with Gasteiger partial charge in [0.1, 0.15) is 0 Å². The molecule has 0 atom stereocenters. The van der Waals surface area contributed by atoms with Crippen LogP contribution in [-0.4, -0.2) is 29.1 Å². The van der Waals surface area contributed by atoms with E-state index in [1.165, 1.54) is 6.07 Å². The smallest absolute Gasteiger partial charge is 0.309 e. The number of fused-ring (bicyclic) bond motifs is 6. The van der Waals surface area contributed by atoms with E-state index in [1.54, 1.807) is 43.5 Å². The molecule has 0 fully saturated rings. The Hall–Kier alpha value is -9.89. The molecular formula is C66H39F9N6. The van der Waals surface area contributed by atoms with E-state index in [1.807, 2.05) is 150 Å². The van der Waals surface area contributed by atoms with Gasteiger partial charge in [0, 0.05) is 50.0 Å². The van der Waals surface area contributed by atoms with Gasteiger partial charge < -0.3 is 9.13 Å². The molecule has 13 aromatic rings. The van der Waals surface area contributed by atoms with Crippen molar-refractivity contribution in [1.29, 1.82) is 0 Å². The van der Waals surface area contributed by atoms with E-state index in [-0.39, 0.29) is 17.2 Å². The van der Waals surface area contributed by atoms with Crippen LogP contribution in [0.5, 0.6) is 0 Å². The van der Waals surface area contributed by atoms with Gasteiger partial charge in [-0.05, 0) is 120 Å². The Kier molecular flexibility index (Phi) is 12.0. The fourth-order valence-electron chi connectivity index (χ4n) is 10.9. The zero-order valence-corrected chi connectivity index (χ0v) is 42.4. The van der Waals surface area contributed by atoms with Crippen LogP contribution in [0.4, 0.5) is 39.5 Å². The van der Waals surface area contributed by atoms with Crippen molar-refractivity contribution in [2.45, 2.75) is 25.5 Å². The molecule has 4 heterocycles. The molecular weight excluding hydrogens is 1050 g/mol. The molecule has 0 saturated heterocycles. The molecule has 81 heavy (non-hydrogen) atoms. The van der Waals surface area contributed by atoms with Crippen molar-refractivity contribution in [1.82, 2.24) is 29.1 Å². The Morgan fingerprint density at radius 1 is 0.333 bits per heavy atom. The van der Waals surface area contributed by atoms with Gasteiger partial charge in [-0.15, -0.1) is 0 Å². The Labute approximate surface area is 455 Å². The first-order valence-electron chi connectivity index (χ1n) is 25.5. The van der Waals surface area contributed by atoms with Crippen molar-refractivity contribution in [3.05, 3.63) is 241 Å². The summed E-state index contributed by atoms with van der Waals surface area (Å²) in [5, 5.41) is 2.78. The van der Waals surface area contributed by atoms with Crippen LogP contribution in [0.1, 0.15) is 22.3 Å². The predicted molar refractivity (Wildman–Crippen MR) is 299 cm³/mol. The van der Waals surface area contributed by atoms with E-state index in [0.29, 0.717) is 84.2 Å². The zero-order chi connectivity index (χ0) is 56.0. The second-order valence-corrected chi connectivity index (χ2v) is 19.7. The molecule has 0 saturated carbocycles. The standard InChI is InChI=1S/C66H39F9N6/c1-38-30-43(32-45(31-38)64(67,68)69)41-25-27-55-51(35-41)48-18-8-10-21-53(48)80(55)57-23-12-20-50(63-78-61(39-14-4-2-5-15-39)77-62(79-63)40-16-6-3-7-17-40)59(57)60-58(24-13-29-76-60)81-54-22-11-9-19-49(54)52-36-42(26-28-56(52)81)44-33-46(65(70,71)72)37-47(34-44)66(73,74)75/h2-37H,1H3. The highest BCUT2D eigenvalue weighted by Gasteiger charge is 2.37. The van der Waals surface area contributed by atoms with Crippen LogP contribution in [0.15, 0.2) is 219 Å². The summed E-state index contributed by atoms with van der Waals surface area (Å²) in [7, 11) is 0. The van der Waals surface area contributed by atoms with E-state index in [0.717, 1.165) is 57.2 Å². The van der Waals surface area contributed by atoms with Crippen LogP contribution in [-0.2, 0) is 18.5 Å². The second-order valence-electron chi connectivity index (χ2n) is 19.7. The summed E-state index contributed by atoms with van der Waals surface area (Å²) in [6.45, 7) is 1.63. The first-order valence-corrected chi connectivity index (χ1v) is 25.5. The van der Waals surface area contributed by atoms with Gasteiger partial charge in [-0.1, -0.05) is 127 Å². The van der Waals surface area contributed by atoms with Crippen molar-refractivity contribution in [3.63, 3.8) is 0 Å². The quantitative estimate of drug-likeness (QED) is 0.142. The van der Waals surface area contributed by atoms with Crippen LogP contribution < -0.4 is 0 Å². The number of nitrogens with zero attached hydrogens (tertiary/aromatic N) is 6. The summed E-state index contributed by atoms with van der Waals surface area (Å²) in [5.74, 6) is 1.09. The number of alkyl halides is 9. The Bertz CT molecular complexity index is 4530. The molecule has 6 nitrogen and oxygen atoms in total. The summed E-state index contributed by atoms with van der Waals surface area (Å²) in [5.41, 5.74) is 4.59. The van der Waals surface area contributed by atoms with Crippen molar-refractivity contribution >= 4 is 43.6 Å². The Morgan fingerprint density at radius 2 is 0.778 bits per heavy atom. The maximum absolute atomic E-state index is 14.2. The maximum Gasteiger partial charge on any atom is 0.416 e. The van der Waals surface area contributed by atoms with Crippen molar-refractivity contribution < 1.29 is 39.5 Å². The van der Waals surface area contributed by atoms with Crippen molar-refractivity contribution in [2.75, 3.05) is 0 Å². The molecule has 0 spiro atoms. The lowest BCUT2D eigenvalue weighted by Gasteiger charge is -2.20. The highest BCUT2D eigenvalue weighted by atomic mass is 19.4.